The molecule has 1 aliphatic rings. The van der Waals surface area contributed by atoms with Crippen molar-refractivity contribution < 1.29 is 14.4 Å². The standard InChI is InChI=1S/C27H29N3O3/c1-4-15-28-26(32)19(3)29(16-21-10-6-5-9-18(21)2)24(31)17-30-23-14-8-12-20-11-7-13-22(25(20)23)27(30)33/h5-14,19H,4,15-17H2,1-3H3,(H,28,32)/t19-/m0/s1. The molecule has 33 heavy (non-hydrogen) atoms. The van der Waals surface area contributed by atoms with Gasteiger partial charge in [-0.1, -0.05) is 55.5 Å². The van der Waals surface area contributed by atoms with Crippen LogP contribution in [0.1, 0.15) is 41.8 Å². The monoisotopic (exact) mass is 443 g/mol. The van der Waals surface area contributed by atoms with E-state index >= 15 is 0 Å². The number of aryl methyl sites for hydroxylation is 1. The summed E-state index contributed by atoms with van der Waals surface area (Å²) in [5.41, 5.74) is 3.36. The molecule has 3 amide bonds. The van der Waals surface area contributed by atoms with Gasteiger partial charge in [0.2, 0.25) is 11.8 Å². The van der Waals surface area contributed by atoms with E-state index in [-0.39, 0.29) is 24.3 Å². The summed E-state index contributed by atoms with van der Waals surface area (Å²) in [7, 11) is 0. The molecule has 0 saturated heterocycles. The highest BCUT2D eigenvalue weighted by Crippen LogP contribution is 2.37. The van der Waals surface area contributed by atoms with Gasteiger partial charge in [0.1, 0.15) is 12.6 Å². The molecule has 4 rings (SSSR count). The summed E-state index contributed by atoms with van der Waals surface area (Å²) in [6.45, 7) is 6.44. The van der Waals surface area contributed by atoms with E-state index in [0.717, 1.165) is 34.0 Å². The van der Waals surface area contributed by atoms with Crippen LogP contribution in [-0.2, 0) is 16.1 Å². The molecular weight excluding hydrogens is 414 g/mol. The molecule has 1 atom stereocenters. The van der Waals surface area contributed by atoms with E-state index in [1.807, 2.05) is 68.4 Å². The molecule has 0 unspecified atom stereocenters. The van der Waals surface area contributed by atoms with E-state index in [2.05, 4.69) is 5.32 Å². The number of nitrogens with zero attached hydrogens (tertiary/aromatic N) is 2. The molecule has 170 valence electrons. The van der Waals surface area contributed by atoms with Gasteiger partial charge < -0.3 is 10.2 Å². The molecule has 0 saturated carbocycles. The van der Waals surface area contributed by atoms with Crippen LogP contribution in [0.5, 0.6) is 0 Å². The summed E-state index contributed by atoms with van der Waals surface area (Å²) >= 11 is 0. The number of hydrogen-bond acceptors (Lipinski definition) is 3. The topological polar surface area (TPSA) is 69.7 Å². The zero-order valence-corrected chi connectivity index (χ0v) is 19.3. The van der Waals surface area contributed by atoms with E-state index in [1.165, 1.54) is 4.90 Å². The van der Waals surface area contributed by atoms with Crippen LogP contribution in [0, 0.1) is 6.92 Å². The first kappa shape index (κ1) is 22.5. The van der Waals surface area contributed by atoms with Gasteiger partial charge in [0, 0.05) is 24.0 Å². The molecule has 3 aromatic carbocycles. The maximum atomic E-state index is 13.6. The van der Waals surface area contributed by atoms with Crippen LogP contribution < -0.4 is 10.2 Å². The molecule has 0 fully saturated rings. The Morgan fingerprint density at radius 2 is 1.76 bits per heavy atom. The summed E-state index contributed by atoms with van der Waals surface area (Å²) in [4.78, 5) is 42.6. The molecular formula is C27H29N3O3. The van der Waals surface area contributed by atoms with Gasteiger partial charge in [-0.25, -0.2) is 0 Å². The summed E-state index contributed by atoms with van der Waals surface area (Å²) in [6.07, 6.45) is 0.814. The van der Waals surface area contributed by atoms with Crippen molar-refractivity contribution >= 4 is 34.2 Å². The van der Waals surface area contributed by atoms with Crippen molar-refractivity contribution in [1.29, 1.82) is 0 Å². The molecule has 3 aromatic rings. The number of hydrogen-bond donors (Lipinski definition) is 1. The first-order valence-electron chi connectivity index (χ1n) is 11.4. The first-order chi connectivity index (χ1) is 15.9. The fourth-order valence-electron chi connectivity index (χ4n) is 4.31. The third kappa shape index (κ3) is 4.33. The average Bonchev–Trinajstić information content (AvgIpc) is 3.09. The fraction of sp³-hybridized carbons (Fsp3) is 0.296. The summed E-state index contributed by atoms with van der Waals surface area (Å²) < 4.78 is 0. The molecule has 0 radical (unpaired) electrons. The number of nitrogens with one attached hydrogen (secondary N) is 1. The molecule has 1 aliphatic heterocycles. The predicted octanol–water partition coefficient (Wildman–Crippen LogP) is 4.05. The van der Waals surface area contributed by atoms with Crippen LogP contribution in [0.25, 0.3) is 10.8 Å². The second-order valence-electron chi connectivity index (χ2n) is 8.49. The molecule has 0 spiro atoms. The Balaban J connectivity index is 1.63. The minimum absolute atomic E-state index is 0.121. The van der Waals surface area contributed by atoms with Crippen LogP contribution >= 0.6 is 0 Å². The van der Waals surface area contributed by atoms with Crippen LogP contribution in [0.4, 0.5) is 5.69 Å². The molecule has 6 nitrogen and oxygen atoms in total. The Morgan fingerprint density at radius 1 is 1.03 bits per heavy atom. The van der Waals surface area contributed by atoms with E-state index in [4.69, 9.17) is 0 Å². The van der Waals surface area contributed by atoms with Crippen LogP contribution in [0.15, 0.2) is 60.7 Å². The quantitative estimate of drug-likeness (QED) is 0.571. The lowest BCUT2D eigenvalue weighted by Crippen LogP contribution is -2.51. The van der Waals surface area contributed by atoms with E-state index in [1.54, 1.807) is 17.9 Å². The smallest absolute Gasteiger partial charge is 0.259 e. The first-order valence-corrected chi connectivity index (χ1v) is 11.4. The second kappa shape index (κ2) is 9.45. The highest BCUT2D eigenvalue weighted by atomic mass is 16.2. The average molecular weight is 444 g/mol. The third-order valence-electron chi connectivity index (χ3n) is 6.26. The molecule has 6 heteroatoms. The third-order valence-corrected chi connectivity index (χ3v) is 6.26. The summed E-state index contributed by atoms with van der Waals surface area (Å²) in [6, 6.07) is 18.5. The van der Waals surface area contributed by atoms with Gasteiger partial charge in [-0.05, 0) is 48.9 Å². The van der Waals surface area contributed by atoms with E-state index in [9.17, 15) is 14.4 Å². The number of benzene rings is 3. The number of carbonyl (C=O) groups is 3. The van der Waals surface area contributed by atoms with Crippen LogP contribution in [0.3, 0.4) is 0 Å². The van der Waals surface area contributed by atoms with Gasteiger partial charge in [0.05, 0.1) is 5.69 Å². The number of carbonyl (C=O) groups excluding carboxylic acids is 3. The highest BCUT2D eigenvalue weighted by molar-refractivity contribution is 6.26. The van der Waals surface area contributed by atoms with Crippen molar-refractivity contribution in [1.82, 2.24) is 10.2 Å². The molecule has 0 aromatic heterocycles. The van der Waals surface area contributed by atoms with Crippen molar-refractivity contribution in [3.05, 3.63) is 77.4 Å². The fourth-order valence-corrected chi connectivity index (χ4v) is 4.31. The maximum Gasteiger partial charge on any atom is 0.259 e. The van der Waals surface area contributed by atoms with Gasteiger partial charge in [-0.2, -0.15) is 0 Å². The number of amides is 3. The Bertz CT molecular complexity index is 1210. The molecule has 1 heterocycles. The van der Waals surface area contributed by atoms with Gasteiger partial charge in [-0.15, -0.1) is 0 Å². The Kier molecular flexibility index (Phi) is 6.45. The van der Waals surface area contributed by atoms with Crippen LogP contribution in [-0.4, -0.2) is 41.8 Å². The Labute approximate surface area is 194 Å². The minimum Gasteiger partial charge on any atom is -0.354 e. The van der Waals surface area contributed by atoms with Crippen molar-refractivity contribution in [3.63, 3.8) is 0 Å². The summed E-state index contributed by atoms with van der Waals surface area (Å²) in [5, 5.41) is 4.73. The van der Waals surface area contributed by atoms with Gasteiger partial charge in [-0.3, -0.25) is 19.3 Å². The van der Waals surface area contributed by atoms with Gasteiger partial charge in [0.25, 0.3) is 5.91 Å². The Morgan fingerprint density at radius 3 is 2.48 bits per heavy atom. The van der Waals surface area contributed by atoms with E-state index in [0.29, 0.717) is 18.7 Å². The highest BCUT2D eigenvalue weighted by Gasteiger charge is 2.34. The van der Waals surface area contributed by atoms with Gasteiger partial charge >= 0.3 is 0 Å². The Hall–Kier alpha value is -3.67. The largest absolute Gasteiger partial charge is 0.354 e. The van der Waals surface area contributed by atoms with Gasteiger partial charge in [0.15, 0.2) is 0 Å². The van der Waals surface area contributed by atoms with Crippen molar-refractivity contribution in [2.75, 3.05) is 18.0 Å². The van der Waals surface area contributed by atoms with E-state index < -0.39 is 6.04 Å². The van der Waals surface area contributed by atoms with Crippen molar-refractivity contribution in [2.24, 2.45) is 0 Å². The zero-order valence-electron chi connectivity index (χ0n) is 19.3. The van der Waals surface area contributed by atoms with Crippen molar-refractivity contribution in [2.45, 2.75) is 39.8 Å². The van der Waals surface area contributed by atoms with Crippen molar-refractivity contribution in [3.8, 4) is 0 Å². The number of anilines is 1. The maximum absolute atomic E-state index is 13.6. The SMILES string of the molecule is CCCNC(=O)[C@H](C)N(Cc1ccccc1C)C(=O)CN1C(=O)c2cccc3cccc1c23. The normalized spacial score (nSPS) is 13.3. The lowest BCUT2D eigenvalue weighted by molar-refractivity contribution is -0.139. The predicted molar refractivity (Wildman–Crippen MR) is 130 cm³/mol. The zero-order chi connectivity index (χ0) is 23.5. The minimum atomic E-state index is -0.667. The lowest BCUT2D eigenvalue weighted by Gasteiger charge is -2.31. The molecule has 0 aliphatic carbocycles. The summed E-state index contributed by atoms with van der Waals surface area (Å²) in [5.74, 6) is -0.651. The molecule has 1 N–H and O–H groups in total. The number of rotatable bonds is 8. The second-order valence-corrected chi connectivity index (χ2v) is 8.49. The molecule has 0 bridgehead atoms. The lowest BCUT2D eigenvalue weighted by atomic mass is 10.1. The van der Waals surface area contributed by atoms with Crippen LogP contribution in [0.2, 0.25) is 0 Å².